The van der Waals surface area contributed by atoms with Crippen molar-refractivity contribution < 1.29 is 55.9 Å². The summed E-state index contributed by atoms with van der Waals surface area (Å²) in [6.07, 6.45) is 7.13. The molecule has 0 unspecified atom stereocenters. The molecule has 0 aliphatic heterocycles. The predicted molar refractivity (Wildman–Crippen MR) is 416 cm³/mol. The molecule has 0 aliphatic carbocycles. The van der Waals surface area contributed by atoms with Crippen LogP contribution in [-0.2, 0) is 37.1 Å². The van der Waals surface area contributed by atoms with Crippen LogP contribution in [0.15, 0.2) is 187 Å². The quantitative estimate of drug-likeness (QED) is 0.0323. The molecule has 0 bridgehead atoms. The Bertz CT molecular complexity index is 3280. The Kier molecular flexibility index (Phi) is 49.2. The molecule has 0 aliphatic rings. The van der Waals surface area contributed by atoms with Crippen LogP contribution in [-0.4, -0.2) is 25.7 Å². The van der Waals surface area contributed by atoms with Crippen LogP contribution in [0.5, 0.6) is 0 Å². The Morgan fingerprint density at radius 2 is 1.04 bits per heavy atom. The van der Waals surface area contributed by atoms with E-state index in [0.29, 0.717) is 26.3 Å². The number of hydrogen-bond donors (Lipinski definition) is 1. The number of nitrogens with zero attached hydrogens (tertiary/aromatic N) is 6. The number of halogens is 14. The number of hydrogen-bond acceptors (Lipinski definition) is 8. The van der Waals surface area contributed by atoms with Crippen LogP contribution in [0.2, 0.25) is 0 Å². The van der Waals surface area contributed by atoms with Crippen molar-refractivity contribution >= 4 is 326 Å². The molecule has 0 saturated carbocycles. The molecule has 5 aromatic carbocycles. The number of pyridine rings is 5. The average molecular weight is 2390 g/mol. The molecule has 5 heterocycles. The van der Waals surface area contributed by atoms with Gasteiger partial charge in [0, 0.05) is 111 Å². The molecule has 2 radical (unpaired) electrons. The summed E-state index contributed by atoms with van der Waals surface area (Å²) in [5.74, 6) is -0.305. The summed E-state index contributed by atoms with van der Waals surface area (Å²) in [4.78, 5) is 25.5. The molecule has 0 saturated heterocycles. The molecule has 2 N–H and O–H groups in total. The van der Waals surface area contributed by atoms with Gasteiger partial charge in [0.25, 0.3) is 6.20 Å². The molecule has 81 heavy (non-hydrogen) atoms. The van der Waals surface area contributed by atoms with Gasteiger partial charge in [0.1, 0.15) is 5.25 Å². The minimum Gasteiger partial charge on any atom is -0.618 e. The molecule has 27 heteroatoms. The van der Waals surface area contributed by atoms with E-state index in [1.165, 1.54) is 34.3 Å². The number of alkyl halides is 6. The Hall–Kier alpha value is 1.29. The van der Waals surface area contributed by atoms with Crippen molar-refractivity contribution in [3.8, 4) is 0 Å². The van der Waals surface area contributed by atoms with Gasteiger partial charge in [0.15, 0.2) is 6.20 Å². The number of nitrogen functional groups attached to an aromatic ring is 1. The number of nitrogens with two attached hydrogens (primary N) is 1. The third kappa shape index (κ3) is 37.1. The first-order chi connectivity index (χ1) is 37.3. The molecule has 5 aromatic heterocycles. The molecular formula is C54H47Br5FI8N7O4V2-2. The second-order valence-corrected chi connectivity index (χ2v) is 40.9. The Labute approximate surface area is 647 Å². The maximum Gasteiger partial charge on any atom is 0.334 e. The topological polar surface area (TPSA) is 162 Å². The maximum atomic E-state index is 12.7. The van der Waals surface area contributed by atoms with E-state index in [1.807, 2.05) is 119 Å². The molecule has 0 spiro atoms. The Morgan fingerprint density at radius 1 is 0.667 bits per heavy atom. The second kappa shape index (κ2) is 47.3. The molecule has 10 aromatic rings. The van der Waals surface area contributed by atoms with Gasteiger partial charge in [-0.3, -0.25) is 34.4 Å². The third-order valence-electron chi connectivity index (χ3n) is 8.55. The summed E-state index contributed by atoms with van der Waals surface area (Å²) in [6, 6.07) is 40.5. The van der Waals surface area contributed by atoms with E-state index in [2.05, 4.69) is 285 Å². The summed E-state index contributed by atoms with van der Waals surface area (Å²) >= 11 is 34.7. The van der Waals surface area contributed by atoms with E-state index in [1.54, 1.807) is 42.7 Å². The van der Waals surface area contributed by atoms with Crippen molar-refractivity contribution in [2.75, 3.05) is 10.2 Å². The zero-order chi connectivity index (χ0) is 59.8. The minimum atomic E-state index is -0.589. The number of aromatic nitrogens is 5. The van der Waals surface area contributed by atoms with Crippen molar-refractivity contribution in [2.24, 2.45) is 0 Å². The summed E-state index contributed by atoms with van der Waals surface area (Å²) in [5.41, 5.74) is 9.99. The van der Waals surface area contributed by atoms with Gasteiger partial charge in [-0.05, 0) is 121 Å². The van der Waals surface area contributed by atoms with Crippen LogP contribution < -0.4 is 15.2 Å². The van der Waals surface area contributed by atoms with E-state index in [4.69, 9.17) is 5.73 Å². The van der Waals surface area contributed by atoms with E-state index in [9.17, 15) is 24.9 Å². The van der Waals surface area contributed by atoms with Crippen LogP contribution in [0.4, 0.5) is 15.8 Å². The van der Waals surface area contributed by atoms with Gasteiger partial charge < -0.3 is 61.3 Å². The molecule has 432 valence electrons. The molecule has 0 amide bonds. The number of anilines is 1. The molecule has 0 fully saturated rings. The van der Waals surface area contributed by atoms with Crippen molar-refractivity contribution in [1.29, 1.82) is 0 Å². The number of benzene rings is 5. The van der Waals surface area contributed by atoms with Gasteiger partial charge >= 0.3 is 5.69 Å². The second-order valence-electron chi connectivity index (χ2n) is 14.7. The zero-order valence-corrected chi connectivity index (χ0v) is 70.7. The maximum absolute atomic E-state index is 12.7. The number of fused-ring (bicyclic) bond motifs is 5. The van der Waals surface area contributed by atoms with Crippen LogP contribution in [0.1, 0.15) is 27.7 Å². The van der Waals surface area contributed by atoms with Crippen molar-refractivity contribution in [2.45, 2.75) is 29.1 Å². The van der Waals surface area contributed by atoms with Crippen LogP contribution >= 0.6 is 260 Å². The smallest absolute Gasteiger partial charge is 0.334 e. The fraction of sp³-hybridized carbons (Fsp3) is 0.130. The van der Waals surface area contributed by atoms with Crippen LogP contribution in [0, 0.1) is 35.7 Å². The average Bonchev–Trinajstić information content (AvgIpc) is 3.37. The summed E-state index contributed by atoms with van der Waals surface area (Å²) in [5, 5.41) is 37.6. The Morgan fingerprint density at radius 3 is 1.51 bits per heavy atom. The fourth-order valence-electron chi connectivity index (χ4n) is 5.73. The first-order valence-electron chi connectivity index (χ1n) is 22.1. The van der Waals surface area contributed by atoms with Gasteiger partial charge in [-0.2, -0.15) is 16.4 Å². The van der Waals surface area contributed by atoms with Gasteiger partial charge in [0.2, 0.25) is 11.0 Å². The Balaban J connectivity index is 0. The first-order valence-corrected chi connectivity index (χ1v) is 36.1. The summed E-state index contributed by atoms with van der Waals surface area (Å²) in [6.45, 7) is 8.39. The first kappa shape index (κ1) is 84.4. The summed E-state index contributed by atoms with van der Waals surface area (Å²) in [7, 11) is 0. The predicted octanol–water partition coefficient (Wildman–Crippen LogP) is 22.5. The van der Waals surface area contributed by atoms with E-state index < -0.39 is 4.92 Å². The van der Waals surface area contributed by atoms with E-state index in [-0.39, 0.29) is 48.6 Å². The number of nitro groups is 1. The van der Waals surface area contributed by atoms with Gasteiger partial charge in [-0.25, -0.2) is 4.39 Å². The van der Waals surface area contributed by atoms with Crippen molar-refractivity contribution in [3.63, 3.8) is 0 Å². The van der Waals surface area contributed by atoms with Gasteiger partial charge in [0.05, 0.1) is 46.9 Å². The largest absolute Gasteiger partial charge is 0.618 e. The fourth-order valence-corrected chi connectivity index (χ4v) is 7.63. The third-order valence-corrected chi connectivity index (χ3v) is 11.0. The van der Waals surface area contributed by atoms with Gasteiger partial charge in [-0.15, -0.1) is 0 Å². The summed E-state index contributed by atoms with van der Waals surface area (Å²) < 4.78 is 23.3. The molecule has 10 rings (SSSR count). The van der Waals surface area contributed by atoms with Crippen LogP contribution in [0.3, 0.4) is 0 Å². The monoisotopic (exact) mass is 2390 g/mol. The van der Waals surface area contributed by atoms with Crippen molar-refractivity contribution in [1.82, 2.24) is 15.0 Å². The SMILES string of the molecule is Brc1ccc2ncccc2c1.CC(I)(I)I.CC(I)I.CCI.C[CH-]I.Fc1cnc2ccc(Br)cc2c1.Nc1cnc2ccc(Br)cc2c1.O=[N+]([O-])c1cc2cc(Br)ccc2[n+]([O-])c1.[CH2-]I.[O-][n+]1cccc2cc(Br)ccc21.[V].[V]. The number of rotatable bonds is 1. The molecule has 0 atom stereocenters. The zero-order valence-electron chi connectivity index (χ0n) is 42.7. The van der Waals surface area contributed by atoms with Crippen molar-refractivity contribution in [3.05, 3.63) is 223 Å². The standard InChI is InChI=1S/C9H5BrFN.C9H5BrN2O3.C9H7BrN2.C9H6BrNO.C9H6BrN.C2H3I3.C2H4I2.C2H5I.C2H4I.CH2I.2V/c10-7-1-2-9-6(3-7)4-8(11)5-12-9;10-7-1-2-9-6(3-7)4-8(12(14)15)5-11(9)13;10-7-1-2-9-6(3-7)4-8(11)5-12-9;10-8-3-4-9-7(6-8)2-1-5-11(9)12;10-8-3-4-9-7(6-8)2-1-5-11-9;1-2(3,4)5;1-2(3)4;2*1-2-3;1-2;;/h1-5H;1-5H;1-5H,11H2;1-6H;1-6H;1H3;2H,1H3;2H2,1H3;2H,1H3;1H2;;/q;;;;;;;;2*-1;;. The normalized spacial score (nSPS) is 9.68. The molecule has 11 nitrogen and oxygen atoms in total. The van der Waals surface area contributed by atoms with Gasteiger partial charge in [-0.1, -0.05) is 228 Å². The molecular weight excluding hydrogens is 2350 g/mol. The van der Waals surface area contributed by atoms with E-state index >= 15 is 0 Å². The van der Waals surface area contributed by atoms with Crippen LogP contribution in [0.25, 0.3) is 54.5 Å². The minimum absolute atomic E-state index is 0. The van der Waals surface area contributed by atoms with E-state index in [0.717, 1.165) is 67.9 Å².